The van der Waals surface area contributed by atoms with Gasteiger partial charge >= 0.3 is 11.0 Å². The highest BCUT2D eigenvalue weighted by Gasteiger charge is 2.08. The van der Waals surface area contributed by atoms with Gasteiger partial charge in [-0.1, -0.05) is 37.5 Å². The molecule has 0 aliphatic heterocycles. The summed E-state index contributed by atoms with van der Waals surface area (Å²) >= 11 is 0.976. The predicted octanol–water partition coefficient (Wildman–Crippen LogP) is 3.30. The van der Waals surface area contributed by atoms with Crippen LogP contribution in [-0.4, -0.2) is 30.0 Å². The zero-order chi connectivity index (χ0) is 17.8. The van der Waals surface area contributed by atoms with Crippen molar-refractivity contribution < 1.29 is 19.2 Å². The molecule has 0 bridgehead atoms. The molecule has 1 amide bonds. The van der Waals surface area contributed by atoms with Crippen LogP contribution in [0.1, 0.15) is 43.9 Å². The molecular formula is C16H22N2O5S. The number of nitro groups is 1. The van der Waals surface area contributed by atoms with Gasteiger partial charge in [-0.05, 0) is 18.6 Å². The molecule has 0 spiro atoms. The van der Waals surface area contributed by atoms with Gasteiger partial charge in [0.05, 0.1) is 11.5 Å². The average molecular weight is 354 g/mol. The van der Waals surface area contributed by atoms with Crippen molar-refractivity contribution >= 4 is 34.3 Å². The molecule has 0 atom stereocenters. The molecule has 1 aromatic heterocycles. The van der Waals surface area contributed by atoms with Gasteiger partial charge in [0, 0.05) is 23.4 Å². The lowest BCUT2D eigenvalue weighted by molar-refractivity contribution is -0.380. The molecule has 1 aromatic rings. The minimum Gasteiger partial charge on any atom is -0.461 e. The maximum atomic E-state index is 11.5. The molecule has 0 saturated carbocycles. The molecule has 0 aromatic carbocycles. The van der Waals surface area contributed by atoms with Crippen LogP contribution in [0.25, 0.3) is 6.08 Å². The number of hydrogen-bond donors (Lipinski definition) is 1. The molecule has 132 valence electrons. The van der Waals surface area contributed by atoms with Gasteiger partial charge < -0.3 is 10.1 Å². The molecule has 0 unspecified atom stereocenters. The largest absolute Gasteiger partial charge is 0.461 e. The minimum atomic E-state index is -0.553. The van der Waals surface area contributed by atoms with Crippen LogP contribution >= 0.6 is 11.3 Å². The van der Waals surface area contributed by atoms with E-state index in [1.54, 1.807) is 6.07 Å². The van der Waals surface area contributed by atoms with Gasteiger partial charge in [0.15, 0.2) is 0 Å². The van der Waals surface area contributed by atoms with Crippen LogP contribution in [0.3, 0.4) is 0 Å². The number of carbonyl (C=O) groups excluding carboxylic acids is 2. The third-order valence-corrected chi connectivity index (χ3v) is 4.10. The quantitative estimate of drug-likeness (QED) is 0.216. The van der Waals surface area contributed by atoms with Crippen molar-refractivity contribution in [1.29, 1.82) is 0 Å². The van der Waals surface area contributed by atoms with Crippen LogP contribution in [0, 0.1) is 10.1 Å². The third-order valence-electron chi connectivity index (χ3n) is 3.10. The number of ether oxygens (including phenoxy) is 1. The maximum absolute atomic E-state index is 11.5. The Labute approximate surface area is 144 Å². The van der Waals surface area contributed by atoms with Crippen molar-refractivity contribution in [1.82, 2.24) is 5.32 Å². The van der Waals surface area contributed by atoms with Gasteiger partial charge in [-0.2, -0.15) is 0 Å². The zero-order valence-corrected chi connectivity index (χ0v) is 14.5. The lowest BCUT2D eigenvalue weighted by Crippen LogP contribution is -2.27. The van der Waals surface area contributed by atoms with Crippen LogP contribution in [0.15, 0.2) is 18.2 Å². The van der Waals surface area contributed by atoms with Crippen molar-refractivity contribution in [3.63, 3.8) is 0 Å². The molecule has 24 heavy (non-hydrogen) atoms. The van der Waals surface area contributed by atoms with Crippen molar-refractivity contribution in [2.75, 3.05) is 13.2 Å². The molecule has 0 radical (unpaired) electrons. The Balaban J connectivity index is 2.16. The monoisotopic (exact) mass is 354 g/mol. The summed E-state index contributed by atoms with van der Waals surface area (Å²) < 4.78 is 4.94. The van der Waals surface area contributed by atoms with E-state index in [9.17, 15) is 19.7 Å². The first kappa shape index (κ1) is 19.8. The van der Waals surface area contributed by atoms with Gasteiger partial charge in [-0.3, -0.25) is 14.9 Å². The van der Waals surface area contributed by atoms with Crippen LogP contribution in [0.2, 0.25) is 0 Å². The summed E-state index contributed by atoms with van der Waals surface area (Å²) in [6, 6.07) is 2.94. The topological polar surface area (TPSA) is 98.5 Å². The van der Waals surface area contributed by atoms with E-state index in [-0.39, 0.29) is 24.1 Å². The summed E-state index contributed by atoms with van der Waals surface area (Å²) in [5, 5.41) is 13.3. The summed E-state index contributed by atoms with van der Waals surface area (Å²) in [7, 11) is 0. The third kappa shape index (κ3) is 8.42. The number of nitrogens with one attached hydrogen (secondary N) is 1. The SMILES string of the molecule is CCCCCCC(=O)NCCOC(=O)/C=C/c1ccc([N+](=O)[O-])s1. The fourth-order valence-corrected chi connectivity index (χ4v) is 2.60. The Morgan fingerprint density at radius 2 is 2.12 bits per heavy atom. The van der Waals surface area contributed by atoms with Crippen molar-refractivity contribution in [3.8, 4) is 0 Å². The fourth-order valence-electron chi connectivity index (χ4n) is 1.87. The van der Waals surface area contributed by atoms with E-state index in [0.29, 0.717) is 11.3 Å². The Hall–Kier alpha value is -2.22. The normalized spacial score (nSPS) is 10.7. The molecule has 8 heteroatoms. The molecule has 1 heterocycles. The van der Waals surface area contributed by atoms with Crippen LogP contribution in [-0.2, 0) is 14.3 Å². The number of rotatable bonds is 11. The van der Waals surface area contributed by atoms with Crippen LogP contribution in [0.5, 0.6) is 0 Å². The smallest absolute Gasteiger partial charge is 0.330 e. The summed E-state index contributed by atoms with van der Waals surface area (Å²) in [4.78, 5) is 33.7. The van der Waals surface area contributed by atoms with E-state index >= 15 is 0 Å². The lowest BCUT2D eigenvalue weighted by Gasteiger charge is -2.05. The first-order chi connectivity index (χ1) is 11.5. The van der Waals surface area contributed by atoms with Crippen molar-refractivity contribution in [2.24, 2.45) is 0 Å². The maximum Gasteiger partial charge on any atom is 0.330 e. The van der Waals surface area contributed by atoms with E-state index in [1.165, 1.54) is 18.2 Å². The molecule has 0 aliphatic rings. The number of thiophene rings is 1. The second-order valence-electron chi connectivity index (χ2n) is 5.09. The lowest BCUT2D eigenvalue weighted by atomic mass is 10.1. The Morgan fingerprint density at radius 1 is 1.33 bits per heavy atom. The van der Waals surface area contributed by atoms with Crippen LogP contribution < -0.4 is 5.32 Å². The highest BCUT2D eigenvalue weighted by atomic mass is 32.1. The average Bonchev–Trinajstić information content (AvgIpc) is 3.03. The van der Waals surface area contributed by atoms with E-state index in [0.717, 1.165) is 37.0 Å². The minimum absolute atomic E-state index is 0.0182. The Kier molecular flexibility index (Phi) is 9.36. The standard InChI is InChI=1S/C16H22N2O5S/c1-2-3-4-5-6-14(19)17-11-12-23-16(20)10-8-13-7-9-15(24-13)18(21)22/h7-10H,2-6,11-12H2,1H3,(H,17,19)/b10-8+. The number of carbonyl (C=O) groups is 2. The summed E-state index contributed by atoms with van der Waals surface area (Å²) in [5.41, 5.74) is 0. The molecular weight excluding hydrogens is 332 g/mol. The van der Waals surface area contributed by atoms with E-state index in [2.05, 4.69) is 12.2 Å². The molecule has 1 N–H and O–H groups in total. The van der Waals surface area contributed by atoms with E-state index in [4.69, 9.17) is 4.74 Å². The molecule has 0 aliphatic carbocycles. The number of amides is 1. The highest BCUT2D eigenvalue weighted by molar-refractivity contribution is 7.16. The highest BCUT2D eigenvalue weighted by Crippen LogP contribution is 2.24. The van der Waals surface area contributed by atoms with Gasteiger partial charge in [0.2, 0.25) is 5.91 Å². The first-order valence-corrected chi connectivity index (χ1v) is 8.70. The summed E-state index contributed by atoms with van der Waals surface area (Å²) in [5.74, 6) is -0.591. The van der Waals surface area contributed by atoms with Gasteiger partial charge in [0.25, 0.3) is 0 Å². The molecule has 0 saturated heterocycles. The zero-order valence-electron chi connectivity index (χ0n) is 13.7. The Morgan fingerprint density at radius 3 is 2.79 bits per heavy atom. The summed E-state index contributed by atoms with van der Waals surface area (Å²) in [6.07, 6.45) is 7.34. The van der Waals surface area contributed by atoms with Crippen molar-refractivity contribution in [2.45, 2.75) is 39.0 Å². The van der Waals surface area contributed by atoms with Crippen LogP contribution in [0.4, 0.5) is 5.00 Å². The van der Waals surface area contributed by atoms with Gasteiger partial charge in [-0.25, -0.2) is 4.79 Å². The molecule has 0 fully saturated rings. The number of unbranched alkanes of at least 4 members (excludes halogenated alkanes) is 3. The molecule has 1 rings (SSSR count). The second-order valence-corrected chi connectivity index (χ2v) is 6.19. The number of esters is 1. The van der Waals surface area contributed by atoms with E-state index < -0.39 is 10.9 Å². The van der Waals surface area contributed by atoms with Gasteiger partial charge in [-0.15, -0.1) is 0 Å². The Bertz CT molecular complexity index is 583. The number of nitrogens with zero attached hydrogens (tertiary/aromatic N) is 1. The van der Waals surface area contributed by atoms with Gasteiger partial charge in [0.1, 0.15) is 6.61 Å². The van der Waals surface area contributed by atoms with Crippen molar-refractivity contribution in [3.05, 3.63) is 33.2 Å². The molecule has 7 nitrogen and oxygen atoms in total. The van der Waals surface area contributed by atoms with E-state index in [1.807, 2.05) is 0 Å². The fraction of sp³-hybridized carbons (Fsp3) is 0.500. The number of hydrogen-bond acceptors (Lipinski definition) is 6. The summed E-state index contributed by atoms with van der Waals surface area (Å²) in [6.45, 7) is 2.48. The second kappa shape index (κ2) is 11.3. The predicted molar refractivity (Wildman–Crippen MR) is 92.7 cm³/mol. The first-order valence-electron chi connectivity index (χ1n) is 7.88.